The number of phenols is 1. The number of nitrogens with zero attached hydrogens (tertiary/aromatic N) is 1. The Morgan fingerprint density at radius 3 is 2.62 bits per heavy atom. The van der Waals surface area contributed by atoms with Crippen LogP contribution < -0.4 is 10.1 Å². The molecule has 2 aromatic rings. The Bertz CT molecular complexity index is 597. The Labute approximate surface area is 125 Å². The fourth-order valence-electron chi connectivity index (χ4n) is 2.08. The summed E-state index contributed by atoms with van der Waals surface area (Å²) in [7, 11) is 0. The minimum Gasteiger partial charge on any atom is -0.507 e. The molecule has 0 radical (unpaired) electrons. The van der Waals surface area contributed by atoms with Crippen LogP contribution in [0.1, 0.15) is 30.5 Å². The van der Waals surface area contributed by atoms with Gasteiger partial charge in [0.25, 0.3) is 0 Å². The molecule has 0 amide bonds. The van der Waals surface area contributed by atoms with Crippen LogP contribution in [0.15, 0.2) is 36.5 Å². The van der Waals surface area contributed by atoms with E-state index in [0.29, 0.717) is 24.7 Å². The molecular weight excluding hydrogens is 264 g/mol. The molecule has 0 unspecified atom stereocenters. The van der Waals surface area contributed by atoms with E-state index in [1.54, 1.807) is 6.20 Å². The molecule has 4 nitrogen and oxygen atoms in total. The van der Waals surface area contributed by atoms with Crippen LogP contribution in [0.4, 0.5) is 0 Å². The minimum atomic E-state index is 0.0967. The van der Waals surface area contributed by atoms with Crippen molar-refractivity contribution in [1.29, 1.82) is 0 Å². The normalized spacial score (nSPS) is 10.9. The molecule has 0 fully saturated rings. The third kappa shape index (κ3) is 4.20. The summed E-state index contributed by atoms with van der Waals surface area (Å²) < 4.78 is 5.69. The number of rotatable bonds is 6. The molecule has 21 heavy (non-hydrogen) atoms. The second-order valence-corrected chi connectivity index (χ2v) is 5.32. The minimum absolute atomic E-state index is 0.0967. The fourth-order valence-corrected chi connectivity index (χ4v) is 2.08. The van der Waals surface area contributed by atoms with E-state index in [1.807, 2.05) is 51.1 Å². The highest BCUT2D eigenvalue weighted by Gasteiger charge is 2.07. The number of pyridine rings is 1. The molecule has 0 spiro atoms. The molecule has 0 saturated heterocycles. The Balaban J connectivity index is 1.99. The van der Waals surface area contributed by atoms with Gasteiger partial charge in [0.2, 0.25) is 5.88 Å². The molecular formula is C17H22N2O2. The summed E-state index contributed by atoms with van der Waals surface area (Å²) in [5.41, 5.74) is 2.79. The van der Waals surface area contributed by atoms with Crippen LogP contribution >= 0.6 is 0 Å². The maximum absolute atomic E-state index is 9.99. The molecule has 1 aromatic heterocycles. The van der Waals surface area contributed by atoms with Gasteiger partial charge in [-0.2, -0.15) is 0 Å². The number of aromatic hydroxyl groups is 1. The Kier molecular flexibility index (Phi) is 5.17. The van der Waals surface area contributed by atoms with Gasteiger partial charge < -0.3 is 15.2 Å². The van der Waals surface area contributed by atoms with E-state index in [9.17, 15) is 5.11 Å². The van der Waals surface area contributed by atoms with E-state index in [0.717, 1.165) is 16.7 Å². The lowest BCUT2D eigenvalue weighted by atomic mass is 10.1. The van der Waals surface area contributed by atoms with Gasteiger partial charge in [0, 0.05) is 30.4 Å². The van der Waals surface area contributed by atoms with E-state index < -0.39 is 0 Å². The van der Waals surface area contributed by atoms with Crippen LogP contribution in [-0.4, -0.2) is 16.2 Å². The summed E-state index contributed by atoms with van der Waals surface area (Å²) in [4.78, 5) is 4.26. The van der Waals surface area contributed by atoms with Crippen molar-refractivity contribution in [3.8, 4) is 11.6 Å². The Hall–Kier alpha value is -2.07. The number of ether oxygens (including phenoxy) is 1. The maximum Gasteiger partial charge on any atom is 0.218 e. The first-order valence-electron chi connectivity index (χ1n) is 7.16. The summed E-state index contributed by atoms with van der Waals surface area (Å²) in [6.07, 6.45) is 1.83. The highest BCUT2D eigenvalue weighted by Crippen LogP contribution is 2.21. The van der Waals surface area contributed by atoms with E-state index in [1.165, 1.54) is 0 Å². The Morgan fingerprint density at radius 1 is 1.14 bits per heavy atom. The molecule has 0 aliphatic rings. The van der Waals surface area contributed by atoms with Gasteiger partial charge in [0.15, 0.2) is 0 Å². The molecule has 0 atom stereocenters. The van der Waals surface area contributed by atoms with Crippen molar-refractivity contribution >= 4 is 0 Å². The van der Waals surface area contributed by atoms with Gasteiger partial charge in [0.05, 0.1) is 6.10 Å². The van der Waals surface area contributed by atoms with Crippen molar-refractivity contribution < 1.29 is 9.84 Å². The van der Waals surface area contributed by atoms with Gasteiger partial charge in [-0.15, -0.1) is 0 Å². The first-order chi connectivity index (χ1) is 10.1. The fraction of sp³-hybridized carbons (Fsp3) is 0.353. The second-order valence-electron chi connectivity index (χ2n) is 5.32. The summed E-state index contributed by atoms with van der Waals surface area (Å²) in [5, 5.41) is 13.3. The number of hydrogen-bond acceptors (Lipinski definition) is 4. The third-order valence-electron chi connectivity index (χ3n) is 3.15. The van der Waals surface area contributed by atoms with Crippen molar-refractivity contribution in [2.75, 3.05) is 0 Å². The van der Waals surface area contributed by atoms with Gasteiger partial charge >= 0.3 is 0 Å². The highest BCUT2D eigenvalue weighted by atomic mass is 16.5. The van der Waals surface area contributed by atoms with Gasteiger partial charge in [-0.25, -0.2) is 4.98 Å². The van der Waals surface area contributed by atoms with Crippen LogP contribution in [0.3, 0.4) is 0 Å². The van der Waals surface area contributed by atoms with Gasteiger partial charge in [-0.05, 0) is 32.4 Å². The van der Waals surface area contributed by atoms with Crippen LogP contribution in [0, 0.1) is 6.92 Å². The van der Waals surface area contributed by atoms with E-state index >= 15 is 0 Å². The lowest BCUT2D eigenvalue weighted by molar-refractivity contribution is 0.229. The van der Waals surface area contributed by atoms with Crippen LogP contribution in [-0.2, 0) is 13.1 Å². The zero-order valence-corrected chi connectivity index (χ0v) is 12.8. The number of phenolic OH excluding ortho intramolecular Hbond substituents is 1. The van der Waals surface area contributed by atoms with E-state index in [4.69, 9.17) is 4.74 Å². The average Bonchev–Trinajstić information content (AvgIpc) is 2.45. The predicted molar refractivity (Wildman–Crippen MR) is 83.4 cm³/mol. The smallest absolute Gasteiger partial charge is 0.218 e. The van der Waals surface area contributed by atoms with Crippen molar-refractivity contribution in [3.63, 3.8) is 0 Å². The van der Waals surface area contributed by atoms with Crippen LogP contribution in [0.2, 0.25) is 0 Å². The standard InChI is InChI=1S/C17H22N2O2/c1-12(2)21-17-15(8-5-9-19-17)11-18-10-14-7-4-6-13(3)16(14)20/h4-9,12,18,20H,10-11H2,1-3H3. The lowest BCUT2D eigenvalue weighted by Gasteiger charge is -2.13. The summed E-state index contributed by atoms with van der Waals surface area (Å²) in [5.74, 6) is 1.02. The van der Waals surface area contributed by atoms with Gasteiger partial charge in [0.1, 0.15) is 5.75 Å². The monoisotopic (exact) mass is 286 g/mol. The van der Waals surface area contributed by atoms with E-state index in [-0.39, 0.29) is 6.10 Å². The molecule has 2 rings (SSSR count). The Morgan fingerprint density at radius 2 is 1.86 bits per heavy atom. The number of para-hydroxylation sites is 1. The lowest BCUT2D eigenvalue weighted by Crippen LogP contribution is -2.16. The van der Waals surface area contributed by atoms with E-state index in [2.05, 4.69) is 10.3 Å². The third-order valence-corrected chi connectivity index (χ3v) is 3.15. The molecule has 0 aliphatic heterocycles. The zero-order chi connectivity index (χ0) is 15.2. The maximum atomic E-state index is 9.99. The molecule has 0 bridgehead atoms. The molecule has 1 aromatic carbocycles. The molecule has 0 aliphatic carbocycles. The predicted octanol–water partition coefficient (Wildman–Crippen LogP) is 3.17. The quantitative estimate of drug-likeness (QED) is 0.856. The largest absolute Gasteiger partial charge is 0.507 e. The van der Waals surface area contributed by atoms with Gasteiger partial charge in [-0.3, -0.25) is 0 Å². The summed E-state index contributed by atoms with van der Waals surface area (Å²) >= 11 is 0. The highest BCUT2D eigenvalue weighted by molar-refractivity contribution is 5.39. The molecule has 4 heteroatoms. The molecule has 1 heterocycles. The van der Waals surface area contributed by atoms with Crippen molar-refractivity contribution in [3.05, 3.63) is 53.2 Å². The number of hydrogen-bond donors (Lipinski definition) is 2. The van der Waals surface area contributed by atoms with Crippen molar-refractivity contribution in [2.24, 2.45) is 0 Å². The van der Waals surface area contributed by atoms with Crippen molar-refractivity contribution in [1.82, 2.24) is 10.3 Å². The number of nitrogens with one attached hydrogen (secondary N) is 1. The number of aromatic nitrogens is 1. The summed E-state index contributed by atoms with van der Waals surface area (Å²) in [6, 6.07) is 9.66. The first-order valence-corrected chi connectivity index (χ1v) is 7.16. The van der Waals surface area contributed by atoms with Crippen LogP contribution in [0.5, 0.6) is 11.6 Å². The van der Waals surface area contributed by atoms with Crippen molar-refractivity contribution in [2.45, 2.75) is 40.0 Å². The van der Waals surface area contributed by atoms with Crippen LogP contribution in [0.25, 0.3) is 0 Å². The first kappa shape index (κ1) is 15.3. The zero-order valence-electron chi connectivity index (χ0n) is 12.8. The topological polar surface area (TPSA) is 54.4 Å². The number of benzene rings is 1. The average molecular weight is 286 g/mol. The molecule has 0 saturated carbocycles. The SMILES string of the molecule is Cc1cccc(CNCc2cccnc2OC(C)C)c1O. The molecule has 112 valence electrons. The summed E-state index contributed by atoms with van der Waals surface area (Å²) in [6.45, 7) is 7.11. The number of aryl methyl sites for hydroxylation is 1. The molecule has 2 N–H and O–H groups in total. The van der Waals surface area contributed by atoms with Gasteiger partial charge in [-0.1, -0.05) is 24.3 Å². The second kappa shape index (κ2) is 7.09.